The Morgan fingerprint density at radius 2 is 1.92 bits per heavy atom. The molecule has 39 heavy (non-hydrogen) atoms. The number of aromatic nitrogens is 2. The number of nitro groups is 1. The van der Waals surface area contributed by atoms with Crippen LogP contribution in [0.15, 0.2) is 59.1 Å². The number of fused-ring (bicyclic) bond motifs is 2. The van der Waals surface area contributed by atoms with Crippen molar-refractivity contribution in [2.45, 2.75) is 38.0 Å². The first kappa shape index (κ1) is 25.5. The molecule has 2 aliphatic heterocycles. The molecule has 1 saturated heterocycles. The Bertz CT molecular complexity index is 1460. The summed E-state index contributed by atoms with van der Waals surface area (Å²) >= 11 is 6.14. The van der Waals surface area contributed by atoms with E-state index < -0.39 is 4.92 Å². The molecular weight excluding hydrogens is 524 g/mol. The van der Waals surface area contributed by atoms with Crippen molar-refractivity contribution in [2.24, 2.45) is 5.92 Å². The lowest BCUT2D eigenvalue weighted by molar-refractivity contribution is -0.389. The van der Waals surface area contributed by atoms with Crippen molar-refractivity contribution in [1.29, 1.82) is 0 Å². The van der Waals surface area contributed by atoms with Crippen molar-refractivity contribution in [3.8, 4) is 11.8 Å². The number of benzene rings is 2. The second-order valence-corrected chi connectivity index (χ2v) is 10.4. The lowest BCUT2D eigenvalue weighted by atomic mass is 9.89. The zero-order valence-corrected chi connectivity index (χ0v) is 22.3. The highest BCUT2D eigenvalue weighted by Gasteiger charge is 2.31. The van der Waals surface area contributed by atoms with Crippen molar-refractivity contribution >= 4 is 34.1 Å². The van der Waals surface area contributed by atoms with E-state index in [1.54, 1.807) is 11.7 Å². The molecule has 2 aromatic heterocycles. The Morgan fingerprint density at radius 1 is 1.13 bits per heavy atom. The van der Waals surface area contributed by atoms with Gasteiger partial charge in [-0.25, -0.2) is 0 Å². The van der Waals surface area contributed by atoms with Gasteiger partial charge in [-0.15, -0.1) is 0 Å². The number of aryl methyl sites for hydroxylation is 1. The number of ether oxygens (including phenoxy) is 3. The van der Waals surface area contributed by atoms with Crippen LogP contribution >= 0.6 is 11.6 Å². The molecular formula is C28H29ClN4O6. The van der Waals surface area contributed by atoms with Crippen LogP contribution in [0, 0.1) is 16.0 Å². The first-order valence-corrected chi connectivity index (χ1v) is 13.4. The largest absolute Gasteiger partial charge is 0.490 e. The number of furan rings is 1. The summed E-state index contributed by atoms with van der Waals surface area (Å²) in [5.41, 5.74) is 1.97. The molecule has 2 unspecified atom stereocenters. The molecule has 4 aromatic rings. The SMILES string of the molecule is COC(c1cc2cc(Cl)ccc2o1)C1CCN(c2ccc(OCC3CCn4cc([N+](=O)[O-])nc4O3)cc2)CC1. The molecule has 0 radical (unpaired) electrons. The molecule has 1 fully saturated rings. The molecule has 0 bridgehead atoms. The lowest BCUT2D eigenvalue weighted by Gasteiger charge is -2.36. The first-order valence-electron chi connectivity index (χ1n) is 13.0. The van der Waals surface area contributed by atoms with Crippen molar-refractivity contribution in [3.63, 3.8) is 0 Å². The van der Waals surface area contributed by atoms with Crippen LogP contribution in [-0.2, 0) is 11.3 Å². The van der Waals surface area contributed by atoms with Gasteiger partial charge < -0.3 is 33.6 Å². The summed E-state index contributed by atoms with van der Waals surface area (Å²) in [6, 6.07) is 16.0. The number of anilines is 1. The molecule has 0 N–H and O–H groups in total. The van der Waals surface area contributed by atoms with Gasteiger partial charge in [0.05, 0.1) is 0 Å². The van der Waals surface area contributed by atoms with Crippen molar-refractivity contribution in [1.82, 2.24) is 9.55 Å². The lowest BCUT2D eigenvalue weighted by Crippen LogP contribution is -2.36. The van der Waals surface area contributed by atoms with Crippen LogP contribution in [0.2, 0.25) is 5.02 Å². The second-order valence-electron chi connectivity index (χ2n) is 9.98. The van der Waals surface area contributed by atoms with E-state index in [9.17, 15) is 10.1 Å². The normalized spacial score (nSPS) is 18.5. The third-order valence-electron chi connectivity index (χ3n) is 7.52. The number of halogens is 1. The number of methoxy groups -OCH3 is 1. The maximum Gasteiger partial charge on any atom is 0.414 e. The van der Waals surface area contributed by atoms with Crippen LogP contribution in [0.1, 0.15) is 31.1 Å². The third-order valence-corrected chi connectivity index (χ3v) is 7.75. The number of hydrogen-bond donors (Lipinski definition) is 0. The molecule has 2 atom stereocenters. The Hall–Kier alpha value is -3.76. The minimum absolute atomic E-state index is 0.0969. The topological polar surface area (TPSA) is 105 Å². The summed E-state index contributed by atoms with van der Waals surface area (Å²) in [7, 11) is 1.74. The number of rotatable bonds is 8. The van der Waals surface area contributed by atoms with Gasteiger partial charge in [0.15, 0.2) is 0 Å². The highest BCUT2D eigenvalue weighted by Crippen LogP contribution is 2.37. The smallest absolute Gasteiger partial charge is 0.414 e. The van der Waals surface area contributed by atoms with Gasteiger partial charge in [-0.2, -0.15) is 0 Å². The van der Waals surface area contributed by atoms with Crippen LogP contribution in [-0.4, -0.2) is 47.4 Å². The van der Waals surface area contributed by atoms with E-state index in [1.165, 1.54) is 6.20 Å². The molecule has 0 aliphatic carbocycles. The number of hydrogen-bond acceptors (Lipinski definition) is 8. The molecule has 6 rings (SSSR count). The van der Waals surface area contributed by atoms with Gasteiger partial charge in [0.1, 0.15) is 42.1 Å². The molecule has 0 spiro atoms. The predicted molar refractivity (Wildman–Crippen MR) is 146 cm³/mol. The fourth-order valence-electron chi connectivity index (χ4n) is 5.45. The quantitative estimate of drug-likeness (QED) is 0.193. The Balaban J connectivity index is 1.01. The predicted octanol–water partition coefficient (Wildman–Crippen LogP) is 6.03. The van der Waals surface area contributed by atoms with Crippen LogP contribution < -0.4 is 14.4 Å². The van der Waals surface area contributed by atoms with Crippen molar-refractivity contribution < 1.29 is 23.6 Å². The Labute approximate surface area is 230 Å². The fourth-order valence-corrected chi connectivity index (χ4v) is 5.64. The molecule has 2 aliphatic rings. The minimum Gasteiger partial charge on any atom is -0.490 e. The van der Waals surface area contributed by atoms with Crippen LogP contribution in [0.5, 0.6) is 11.8 Å². The van der Waals surface area contributed by atoms with Crippen molar-refractivity contribution in [2.75, 3.05) is 31.7 Å². The maximum atomic E-state index is 10.9. The summed E-state index contributed by atoms with van der Waals surface area (Å²) in [5.74, 6) is 1.75. The van der Waals surface area contributed by atoms with Gasteiger partial charge in [0, 0.05) is 54.2 Å². The van der Waals surface area contributed by atoms with Gasteiger partial charge in [-0.05, 0) is 72.2 Å². The minimum atomic E-state index is -0.516. The third kappa shape index (κ3) is 5.39. The van der Waals surface area contributed by atoms with Gasteiger partial charge in [-0.3, -0.25) is 4.57 Å². The number of piperidine rings is 1. The summed E-state index contributed by atoms with van der Waals surface area (Å²) in [5, 5.41) is 12.6. The average Bonchev–Trinajstić information content (AvgIpc) is 3.57. The van der Waals surface area contributed by atoms with Gasteiger partial charge in [0.25, 0.3) is 0 Å². The maximum absolute atomic E-state index is 10.9. The molecule has 4 heterocycles. The van der Waals surface area contributed by atoms with Gasteiger partial charge >= 0.3 is 11.8 Å². The van der Waals surface area contributed by atoms with E-state index in [4.69, 9.17) is 30.2 Å². The zero-order chi connectivity index (χ0) is 26.9. The monoisotopic (exact) mass is 552 g/mol. The number of nitrogens with zero attached hydrogens (tertiary/aromatic N) is 4. The summed E-state index contributed by atoms with van der Waals surface area (Å²) in [4.78, 5) is 16.7. The van der Waals surface area contributed by atoms with Crippen molar-refractivity contribution in [3.05, 3.63) is 75.6 Å². The highest BCUT2D eigenvalue weighted by atomic mass is 35.5. The summed E-state index contributed by atoms with van der Waals surface area (Å²) in [6.07, 6.45) is 3.76. The first-order chi connectivity index (χ1) is 19.0. The van der Waals surface area contributed by atoms with Gasteiger partial charge in [0.2, 0.25) is 0 Å². The molecule has 204 valence electrons. The van der Waals surface area contributed by atoms with E-state index in [2.05, 4.69) is 22.0 Å². The molecule has 10 nitrogen and oxygen atoms in total. The fraction of sp³-hybridized carbons (Fsp3) is 0.393. The van der Waals surface area contributed by atoms with E-state index in [-0.39, 0.29) is 24.0 Å². The number of imidazole rings is 1. The molecule has 2 aromatic carbocycles. The van der Waals surface area contributed by atoms with E-state index in [1.807, 2.05) is 36.4 Å². The molecule has 0 saturated carbocycles. The Kier molecular flexibility index (Phi) is 7.05. The highest BCUT2D eigenvalue weighted by molar-refractivity contribution is 6.31. The summed E-state index contributed by atoms with van der Waals surface area (Å²) < 4.78 is 25.4. The van der Waals surface area contributed by atoms with Gasteiger partial charge in [-0.1, -0.05) is 11.6 Å². The average molecular weight is 553 g/mol. The van der Waals surface area contributed by atoms with E-state index in [0.29, 0.717) is 30.5 Å². The molecule has 11 heteroatoms. The Morgan fingerprint density at radius 3 is 2.67 bits per heavy atom. The summed E-state index contributed by atoms with van der Waals surface area (Å²) in [6.45, 7) is 2.79. The van der Waals surface area contributed by atoms with Crippen LogP contribution in [0.4, 0.5) is 11.5 Å². The second kappa shape index (κ2) is 10.8. The molecule has 0 amide bonds. The van der Waals surface area contributed by atoms with E-state index in [0.717, 1.165) is 54.1 Å². The van der Waals surface area contributed by atoms with Crippen LogP contribution in [0.25, 0.3) is 11.0 Å². The standard InChI is InChI=1S/C28H29ClN4O6/c1-36-27(25-15-19-14-20(29)2-7-24(19)39-25)18-8-11-31(12-9-18)21-3-5-22(6-4-21)37-17-23-10-13-32-16-26(33(34)35)30-28(32)38-23/h2-7,14-16,18,23,27H,8-13,17H2,1H3. The van der Waals surface area contributed by atoms with Crippen LogP contribution in [0.3, 0.4) is 0 Å². The zero-order valence-electron chi connectivity index (χ0n) is 21.5. The van der Waals surface area contributed by atoms with E-state index >= 15 is 0 Å².